The van der Waals surface area contributed by atoms with Gasteiger partial charge in [-0.05, 0) is 36.4 Å². The Morgan fingerprint density at radius 3 is 2.32 bits per heavy atom. The van der Waals surface area contributed by atoms with Gasteiger partial charge in [-0.25, -0.2) is 13.8 Å². The molecule has 3 rings (SSSR count). The van der Waals surface area contributed by atoms with E-state index in [0.29, 0.717) is 5.56 Å². The fourth-order valence-corrected chi connectivity index (χ4v) is 1.96. The number of halogens is 2. The van der Waals surface area contributed by atoms with Gasteiger partial charge in [-0.2, -0.15) is 5.26 Å². The summed E-state index contributed by atoms with van der Waals surface area (Å²) in [5.74, 6) is -0.866. The largest absolute Gasteiger partial charge is 0.213 e. The van der Waals surface area contributed by atoms with Crippen molar-refractivity contribution in [1.82, 2.24) is 15.2 Å². The minimum Gasteiger partial charge on any atom is -0.213 e. The second-order valence-electron chi connectivity index (χ2n) is 4.43. The Balaban J connectivity index is 2.11. The van der Waals surface area contributed by atoms with E-state index in [-0.39, 0.29) is 22.8 Å². The highest BCUT2D eigenvalue weighted by Crippen LogP contribution is 2.23. The van der Waals surface area contributed by atoms with E-state index < -0.39 is 11.6 Å². The second-order valence-corrected chi connectivity index (χ2v) is 4.43. The number of nitrogens with zero attached hydrogens (tertiary/aromatic N) is 4. The molecule has 0 fully saturated rings. The first-order chi connectivity index (χ1) is 10.7. The van der Waals surface area contributed by atoms with Crippen molar-refractivity contribution in [3.63, 3.8) is 0 Å². The van der Waals surface area contributed by atoms with Crippen molar-refractivity contribution >= 4 is 0 Å². The highest BCUT2D eigenvalue weighted by Gasteiger charge is 2.14. The predicted octanol–water partition coefficient (Wildman–Crippen LogP) is 3.36. The Hall–Kier alpha value is -3.20. The lowest BCUT2D eigenvalue weighted by Crippen LogP contribution is -2.01. The van der Waals surface area contributed by atoms with E-state index in [9.17, 15) is 14.0 Å². The van der Waals surface area contributed by atoms with Gasteiger partial charge in [0.1, 0.15) is 23.4 Å². The molecule has 0 amide bonds. The predicted molar refractivity (Wildman–Crippen MR) is 75.3 cm³/mol. The molecule has 0 N–H and O–H groups in total. The van der Waals surface area contributed by atoms with Crippen LogP contribution in [-0.4, -0.2) is 15.2 Å². The Morgan fingerprint density at radius 1 is 0.909 bits per heavy atom. The Morgan fingerprint density at radius 2 is 1.64 bits per heavy atom. The van der Waals surface area contributed by atoms with E-state index in [2.05, 4.69) is 15.2 Å². The molecular weight excluding hydrogens is 286 g/mol. The van der Waals surface area contributed by atoms with Gasteiger partial charge < -0.3 is 0 Å². The van der Waals surface area contributed by atoms with Crippen LogP contribution in [0.5, 0.6) is 0 Å². The van der Waals surface area contributed by atoms with Gasteiger partial charge in [0.05, 0.1) is 5.56 Å². The fraction of sp³-hybridized carbons (Fsp3) is 0. The zero-order valence-electron chi connectivity index (χ0n) is 11.2. The zero-order chi connectivity index (χ0) is 15.5. The second kappa shape index (κ2) is 5.66. The molecule has 0 unspecified atom stereocenters. The summed E-state index contributed by atoms with van der Waals surface area (Å²) < 4.78 is 26.7. The van der Waals surface area contributed by atoms with Crippen LogP contribution in [0, 0.1) is 23.0 Å². The molecule has 2 aromatic carbocycles. The summed E-state index contributed by atoms with van der Waals surface area (Å²) in [5, 5.41) is 17.0. The first-order valence-electron chi connectivity index (χ1n) is 6.34. The number of rotatable bonds is 2. The molecule has 6 heteroatoms. The zero-order valence-corrected chi connectivity index (χ0v) is 11.2. The smallest absolute Gasteiger partial charge is 0.186 e. The van der Waals surface area contributed by atoms with Gasteiger partial charge >= 0.3 is 0 Å². The van der Waals surface area contributed by atoms with Gasteiger partial charge in [-0.3, -0.25) is 0 Å². The highest BCUT2D eigenvalue weighted by atomic mass is 19.1. The molecule has 22 heavy (non-hydrogen) atoms. The number of hydrogen-bond donors (Lipinski definition) is 0. The molecule has 4 nitrogen and oxygen atoms in total. The van der Waals surface area contributed by atoms with Gasteiger partial charge in [0.15, 0.2) is 11.5 Å². The van der Waals surface area contributed by atoms with Crippen LogP contribution in [0.15, 0.2) is 48.5 Å². The van der Waals surface area contributed by atoms with E-state index in [1.807, 2.05) is 6.07 Å². The molecule has 3 aromatic rings. The Kier molecular flexibility index (Phi) is 3.54. The maximum absolute atomic E-state index is 13.7. The molecule has 0 radical (unpaired) electrons. The van der Waals surface area contributed by atoms with E-state index in [1.165, 1.54) is 36.4 Å². The third-order valence-corrected chi connectivity index (χ3v) is 3.03. The van der Waals surface area contributed by atoms with Crippen LogP contribution >= 0.6 is 0 Å². The van der Waals surface area contributed by atoms with Crippen LogP contribution in [0.4, 0.5) is 8.78 Å². The highest BCUT2D eigenvalue weighted by molar-refractivity contribution is 5.66. The lowest BCUT2D eigenvalue weighted by molar-refractivity contribution is 0.627. The van der Waals surface area contributed by atoms with Crippen molar-refractivity contribution in [3.05, 3.63) is 65.9 Å². The monoisotopic (exact) mass is 294 g/mol. The molecular formula is C16H8F2N4. The average molecular weight is 294 g/mol. The summed E-state index contributed by atoms with van der Waals surface area (Å²) in [6.45, 7) is 0. The van der Waals surface area contributed by atoms with E-state index in [0.717, 1.165) is 0 Å². The molecule has 106 valence electrons. The third kappa shape index (κ3) is 2.52. The van der Waals surface area contributed by atoms with Crippen LogP contribution in [0.3, 0.4) is 0 Å². The summed E-state index contributed by atoms with van der Waals surface area (Å²) in [6.07, 6.45) is 0. The number of aromatic nitrogens is 3. The summed E-state index contributed by atoms with van der Waals surface area (Å²) in [6, 6.07) is 13.3. The van der Waals surface area contributed by atoms with Crippen molar-refractivity contribution in [2.24, 2.45) is 0 Å². The van der Waals surface area contributed by atoms with Crippen molar-refractivity contribution in [1.29, 1.82) is 5.26 Å². The van der Waals surface area contributed by atoms with Gasteiger partial charge in [-0.1, -0.05) is 12.1 Å². The topological polar surface area (TPSA) is 62.5 Å². The van der Waals surface area contributed by atoms with E-state index >= 15 is 0 Å². The van der Waals surface area contributed by atoms with Crippen LogP contribution in [0.1, 0.15) is 5.69 Å². The van der Waals surface area contributed by atoms with Crippen molar-refractivity contribution in [2.75, 3.05) is 0 Å². The lowest BCUT2D eigenvalue weighted by Gasteiger charge is -2.05. The fourth-order valence-electron chi connectivity index (χ4n) is 1.96. The minimum atomic E-state index is -0.497. The standard InChI is InChI=1S/C16H8F2N4/c17-11-7-5-10(6-8-11)15-14(9-19)20-16(22-21-15)12-3-1-2-4-13(12)18/h1-8H. The molecule has 1 aromatic heterocycles. The molecule has 0 atom stereocenters. The maximum atomic E-state index is 13.7. The molecule has 1 heterocycles. The first kappa shape index (κ1) is 13.8. The molecule has 0 saturated carbocycles. The molecule has 0 bridgehead atoms. The summed E-state index contributed by atoms with van der Waals surface area (Å²) >= 11 is 0. The number of benzene rings is 2. The molecule has 0 aliphatic carbocycles. The van der Waals surface area contributed by atoms with Crippen LogP contribution in [-0.2, 0) is 0 Å². The maximum Gasteiger partial charge on any atom is 0.186 e. The molecule has 0 spiro atoms. The first-order valence-corrected chi connectivity index (χ1v) is 6.34. The van der Waals surface area contributed by atoms with Gasteiger partial charge in [0.2, 0.25) is 0 Å². The van der Waals surface area contributed by atoms with Crippen LogP contribution < -0.4 is 0 Å². The van der Waals surface area contributed by atoms with Crippen molar-refractivity contribution in [2.45, 2.75) is 0 Å². The van der Waals surface area contributed by atoms with E-state index in [4.69, 9.17) is 0 Å². The minimum absolute atomic E-state index is 0.000128. The van der Waals surface area contributed by atoms with Gasteiger partial charge in [-0.15, -0.1) is 10.2 Å². The van der Waals surface area contributed by atoms with Crippen LogP contribution in [0.25, 0.3) is 22.6 Å². The molecule has 0 aliphatic rings. The SMILES string of the molecule is N#Cc1nc(-c2ccccc2F)nnc1-c1ccc(F)cc1. The van der Waals surface area contributed by atoms with Crippen molar-refractivity contribution in [3.8, 4) is 28.7 Å². The molecule has 0 aliphatic heterocycles. The quantitative estimate of drug-likeness (QED) is 0.727. The van der Waals surface area contributed by atoms with Gasteiger partial charge in [0, 0.05) is 5.56 Å². The number of nitriles is 1. The van der Waals surface area contributed by atoms with Gasteiger partial charge in [0.25, 0.3) is 0 Å². The third-order valence-electron chi connectivity index (χ3n) is 3.03. The normalized spacial score (nSPS) is 10.2. The summed E-state index contributed by atoms with van der Waals surface area (Å²) in [7, 11) is 0. The van der Waals surface area contributed by atoms with Crippen molar-refractivity contribution < 1.29 is 8.78 Å². The Labute approximate surface area is 124 Å². The molecule has 0 saturated heterocycles. The summed E-state index contributed by atoms with van der Waals surface area (Å²) in [5.41, 5.74) is 0.901. The lowest BCUT2D eigenvalue weighted by atomic mass is 10.1. The Bertz CT molecular complexity index is 870. The van der Waals surface area contributed by atoms with E-state index in [1.54, 1.807) is 12.1 Å². The van der Waals surface area contributed by atoms with Crippen LogP contribution in [0.2, 0.25) is 0 Å². The number of hydrogen-bond acceptors (Lipinski definition) is 4. The summed E-state index contributed by atoms with van der Waals surface area (Å²) in [4.78, 5) is 4.05. The average Bonchev–Trinajstić information content (AvgIpc) is 2.55.